The van der Waals surface area contributed by atoms with E-state index >= 15 is 0 Å². The summed E-state index contributed by atoms with van der Waals surface area (Å²) >= 11 is 0. The molecule has 0 aliphatic carbocycles. The first kappa shape index (κ1) is 20.5. The van der Waals surface area contributed by atoms with Crippen LogP contribution in [0.25, 0.3) is 6.08 Å². The monoisotopic (exact) mass is 384 g/mol. The van der Waals surface area contributed by atoms with Gasteiger partial charge in [-0.3, -0.25) is 9.80 Å². The number of hydrogen-bond donors (Lipinski definition) is 1. The summed E-state index contributed by atoms with van der Waals surface area (Å²) in [6, 6.07) is 15.0. The zero-order valence-electron chi connectivity index (χ0n) is 16.4. The van der Waals surface area contributed by atoms with E-state index in [4.69, 9.17) is 4.74 Å². The molecule has 1 fully saturated rings. The van der Waals surface area contributed by atoms with Gasteiger partial charge in [0.15, 0.2) is 0 Å². The molecule has 0 radical (unpaired) electrons. The quantitative estimate of drug-likeness (QED) is 0.757. The fraction of sp³-hybridized carbons (Fsp3) is 0.391. The molecule has 0 amide bonds. The molecule has 2 aromatic rings. The van der Waals surface area contributed by atoms with Crippen molar-refractivity contribution < 1.29 is 14.2 Å². The zero-order valence-corrected chi connectivity index (χ0v) is 16.4. The maximum Gasteiger partial charge on any atom is 0.126 e. The summed E-state index contributed by atoms with van der Waals surface area (Å²) in [5, 5.41) is 9.48. The Balaban J connectivity index is 1.57. The van der Waals surface area contributed by atoms with E-state index in [1.54, 1.807) is 7.11 Å². The number of para-hydroxylation sites is 1. The summed E-state index contributed by atoms with van der Waals surface area (Å²) in [6.07, 6.45) is 5.02. The molecular formula is C23H29FN2O2. The Morgan fingerprint density at radius 3 is 2.68 bits per heavy atom. The summed E-state index contributed by atoms with van der Waals surface area (Å²) in [7, 11) is 1.69. The van der Waals surface area contributed by atoms with Crippen molar-refractivity contribution in [2.45, 2.75) is 19.0 Å². The van der Waals surface area contributed by atoms with E-state index in [0.717, 1.165) is 56.0 Å². The number of aliphatic hydroxyl groups excluding tert-OH is 1. The van der Waals surface area contributed by atoms with Crippen molar-refractivity contribution >= 4 is 6.08 Å². The Morgan fingerprint density at radius 1 is 1.14 bits per heavy atom. The fourth-order valence-corrected chi connectivity index (χ4v) is 3.71. The van der Waals surface area contributed by atoms with Gasteiger partial charge in [-0.05, 0) is 30.2 Å². The maximum absolute atomic E-state index is 13.1. The van der Waals surface area contributed by atoms with Gasteiger partial charge >= 0.3 is 0 Å². The summed E-state index contributed by atoms with van der Waals surface area (Å²) < 4.78 is 18.5. The molecule has 0 spiro atoms. The van der Waals surface area contributed by atoms with Gasteiger partial charge in [0, 0.05) is 50.9 Å². The molecule has 3 rings (SSSR count). The standard InChI is InChI=1S/C23H29FN2O2/c1-28-23-7-3-2-5-20(23)6-4-13-25-14-15-26(22(18-25)12-16-27)17-19-8-10-21(24)11-9-19/h2-11,22,27H,12-18H2,1H3/b6-4+/t22-/m1/s1. The highest BCUT2D eigenvalue weighted by atomic mass is 19.1. The van der Waals surface area contributed by atoms with E-state index in [1.165, 1.54) is 12.1 Å². The zero-order chi connectivity index (χ0) is 19.8. The second kappa shape index (κ2) is 10.4. The number of halogens is 1. The molecule has 5 heteroatoms. The summed E-state index contributed by atoms with van der Waals surface area (Å²) in [5.74, 6) is 0.670. The second-order valence-electron chi connectivity index (χ2n) is 7.17. The minimum absolute atomic E-state index is 0.176. The minimum atomic E-state index is -0.206. The average Bonchev–Trinajstić information content (AvgIpc) is 2.72. The third-order valence-corrected chi connectivity index (χ3v) is 5.25. The van der Waals surface area contributed by atoms with Gasteiger partial charge in [0.05, 0.1) is 7.11 Å². The molecule has 150 valence electrons. The maximum atomic E-state index is 13.1. The van der Waals surface area contributed by atoms with Gasteiger partial charge in [-0.15, -0.1) is 0 Å². The molecule has 1 saturated heterocycles. The molecule has 0 saturated carbocycles. The number of methoxy groups -OCH3 is 1. The van der Waals surface area contributed by atoms with Gasteiger partial charge in [0.25, 0.3) is 0 Å². The van der Waals surface area contributed by atoms with Crippen molar-refractivity contribution in [2.24, 2.45) is 0 Å². The first-order valence-electron chi connectivity index (χ1n) is 9.81. The van der Waals surface area contributed by atoms with Crippen molar-refractivity contribution in [1.29, 1.82) is 0 Å². The molecule has 1 atom stereocenters. The third kappa shape index (κ3) is 5.64. The van der Waals surface area contributed by atoms with Crippen LogP contribution in [0.15, 0.2) is 54.6 Å². The number of piperazine rings is 1. The number of rotatable bonds is 8. The topological polar surface area (TPSA) is 35.9 Å². The molecule has 1 aliphatic heterocycles. The fourth-order valence-electron chi connectivity index (χ4n) is 3.71. The molecule has 0 bridgehead atoms. The van der Waals surface area contributed by atoms with Crippen LogP contribution < -0.4 is 4.74 Å². The number of ether oxygens (including phenoxy) is 1. The minimum Gasteiger partial charge on any atom is -0.496 e. The van der Waals surface area contributed by atoms with Gasteiger partial charge in [-0.25, -0.2) is 4.39 Å². The van der Waals surface area contributed by atoms with Crippen LogP contribution in [0.3, 0.4) is 0 Å². The van der Waals surface area contributed by atoms with Crippen LogP contribution in [-0.4, -0.2) is 60.8 Å². The summed E-state index contributed by atoms with van der Waals surface area (Å²) in [4.78, 5) is 4.80. The van der Waals surface area contributed by atoms with Crippen molar-refractivity contribution in [3.63, 3.8) is 0 Å². The lowest BCUT2D eigenvalue weighted by Crippen LogP contribution is -2.52. The van der Waals surface area contributed by atoms with E-state index in [2.05, 4.69) is 22.0 Å². The Kier molecular flexibility index (Phi) is 7.60. The largest absolute Gasteiger partial charge is 0.496 e. The normalized spacial score (nSPS) is 18.6. The van der Waals surface area contributed by atoms with Crippen molar-refractivity contribution in [3.8, 4) is 5.75 Å². The van der Waals surface area contributed by atoms with Crippen molar-refractivity contribution in [1.82, 2.24) is 9.80 Å². The molecule has 0 unspecified atom stereocenters. The van der Waals surface area contributed by atoms with E-state index in [1.807, 2.05) is 36.4 Å². The lowest BCUT2D eigenvalue weighted by molar-refractivity contribution is 0.0596. The predicted octanol–water partition coefficient (Wildman–Crippen LogP) is 3.42. The molecule has 4 nitrogen and oxygen atoms in total. The van der Waals surface area contributed by atoms with E-state index in [0.29, 0.717) is 6.04 Å². The van der Waals surface area contributed by atoms with Crippen molar-refractivity contribution in [2.75, 3.05) is 39.9 Å². The van der Waals surface area contributed by atoms with Crippen LogP contribution in [-0.2, 0) is 6.54 Å². The third-order valence-electron chi connectivity index (χ3n) is 5.25. The number of nitrogens with zero attached hydrogens (tertiary/aromatic N) is 2. The van der Waals surface area contributed by atoms with Gasteiger partial charge in [-0.2, -0.15) is 0 Å². The van der Waals surface area contributed by atoms with Crippen LogP contribution in [0, 0.1) is 5.82 Å². The molecule has 1 N–H and O–H groups in total. The summed E-state index contributed by atoms with van der Waals surface area (Å²) in [5.41, 5.74) is 2.18. The van der Waals surface area contributed by atoms with Gasteiger partial charge in [0.1, 0.15) is 11.6 Å². The number of benzene rings is 2. The Bertz CT molecular complexity index is 763. The first-order chi connectivity index (χ1) is 13.7. The average molecular weight is 384 g/mol. The van der Waals surface area contributed by atoms with Crippen molar-refractivity contribution in [3.05, 3.63) is 71.6 Å². The molecule has 1 aliphatic rings. The molecule has 1 heterocycles. The Hall–Kier alpha value is -2.21. The highest BCUT2D eigenvalue weighted by molar-refractivity contribution is 5.57. The lowest BCUT2D eigenvalue weighted by atomic mass is 10.1. The predicted molar refractivity (Wildman–Crippen MR) is 111 cm³/mol. The van der Waals surface area contributed by atoms with Gasteiger partial charge in [0.2, 0.25) is 0 Å². The van der Waals surface area contributed by atoms with Crippen LogP contribution in [0.4, 0.5) is 4.39 Å². The first-order valence-corrected chi connectivity index (χ1v) is 9.81. The molecule has 0 aromatic heterocycles. The smallest absolute Gasteiger partial charge is 0.126 e. The Labute approximate surface area is 166 Å². The van der Waals surface area contributed by atoms with E-state index in [-0.39, 0.29) is 12.4 Å². The van der Waals surface area contributed by atoms with E-state index in [9.17, 15) is 9.50 Å². The van der Waals surface area contributed by atoms with Gasteiger partial charge < -0.3 is 9.84 Å². The lowest BCUT2D eigenvalue weighted by Gasteiger charge is -2.41. The van der Waals surface area contributed by atoms with Gasteiger partial charge in [-0.1, -0.05) is 42.5 Å². The second-order valence-corrected chi connectivity index (χ2v) is 7.17. The van der Waals surface area contributed by atoms with Crippen LogP contribution in [0.1, 0.15) is 17.5 Å². The molecule has 2 aromatic carbocycles. The summed E-state index contributed by atoms with van der Waals surface area (Å²) in [6.45, 7) is 4.65. The SMILES string of the molecule is COc1ccccc1/C=C/CN1CCN(Cc2ccc(F)cc2)[C@H](CCO)C1. The Morgan fingerprint density at radius 2 is 1.93 bits per heavy atom. The highest BCUT2D eigenvalue weighted by Crippen LogP contribution is 2.20. The van der Waals surface area contributed by atoms with Crippen LogP contribution in [0.2, 0.25) is 0 Å². The van der Waals surface area contributed by atoms with Crippen LogP contribution >= 0.6 is 0 Å². The van der Waals surface area contributed by atoms with Crippen LogP contribution in [0.5, 0.6) is 5.75 Å². The number of aliphatic hydroxyl groups is 1. The molecular weight excluding hydrogens is 355 g/mol. The number of hydrogen-bond acceptors (Lipinski definition) is 4. The van der Waals surface area contributed by atoms with E-state index < -0.39 is 0 Å². The molecule has 28 heavy (non-hydrogen) atoms. The highest BCUT2D eigenvalue weighted by Gasteiger charge is 2.26.